The third kappa shape index (κ3) is 18.2. The molecule has 4 aromatic carbocycles. The van der Waals surface area contributed by atoms with Gasteiger partial charge < -0.3 is 9.11 Å². The van der Waals surface area contributed by atoms with Gasteiger partial charge in [0.05, 0.1) is 0 Å². The lowest BCUT2D eigenvalue weighted by Crippen LogP contribution is -3.61. The Balaban J connectivity index is 0.000000467. The highest BCUT2D eigenvalue weighted by Gasteiger charge is 2.83. The summed E-state index contributed by atoms with van der Waals surface area (Å²) in [6.45, 7) is 27.2. The molecule has 0 heterocycles. The Bertz CT molecular complexity index is 2190. The van der Waals surface area contributed by atoms with Crippen LogP contribution in [0.2, 0.25) is 0 Å². The zero-order valence-corrected chi connectivity index (χ0v) is 44.2. The van der Waals surface area contributed by atoms with Crippen molar-refractivity contribution in [3.63, 3.8) is 0 Å². The zero-order valence-electron chi connectivity index (χ0n) is 38.3. The van der Waals surface area contributed by atoms with Crippen LogP contribution in [-0.2, 0) is 41.9 Å². The predicted molar refractivity (Wildman–Crippen MR) is 222 cm³/mol. The average Bonchev–Trinajstić information content (AvgIpc) is 3.13. The molecule has 0 aliphatic heterocycles. The van der Waals surface area contributed by atoms with Crippen molar-refractivity contribution in [3.8, 4) is 0 Å². The quantitative estimate of drug-likeness (QED) is 0.0869. The van der Waals surface area contributed by atoms with Gasteiger partial charge in [0.2, 0.25) is 0 Å². The van der Waals surface area contributed by atoms with E-state index in [0.717, 1.165) is 0 Å². The minimum atomic E-state index is -7.43. The molecule has 0 N–H and O–H groups in total. The maximum absolute atomic E-state index is 12.2. The molecular weight excluding hydrogens is 1180 g/mol. The van der Waals surface area contributed by atoms with Crippen LogP contribution in [0, 0.1) is 14.3 Å². The number of hydrogen-bond donors (Lipinski definition) is 0. The monoisotopic (exact) mass is 1230 g/mol. The second kappa shape index (κ2) is 22.2. The molecule has 22 heteroatoms. The largest absolute Gasteiger partial charge is 0.743 e. The van der Waals surface area contributed by atoms with Crippen molar-refractivity contribution in [1.29, 1.82) is 0 Å². The highest BCUT2D eigenvalue weighted by molar-refractivity contribution is 7.87. The van der Waals surface area contributed by atoms with Gasteiger partial charge in [0, 0.05) is 0 Å². The molecule has 0 aliphatic carbocycles. The third-order valence-corrected chi connectivity index (χ3v) is 15.8. The van der Waals surface area contributed by atoms with E-state index in [-0.39, 0.29) is 64.1 Å². The number of alkyl halides is 12. The van der Waals surface area contributed by atoms with Crippen LogP contribution in [0.4, 0.5) is 52.7 Å². The van der Waals surface area contributed by atoms with E-state index in [1.807, 2.05) is 0 Å². The summed E-state index contributed by atoms with van der Waals surface area (Å²) >= 11 is -0.141. The summed E-state index contributed by atoms with van der Waals surface area (Å²) in [5.41, 5.74) is 0.980. The summed E-state index contributed by atoms with van der Waals surface area (Å²) in [5.74, 6) is -14.8. The SMILES string of the molecule is CC(C)(C)c1ccc([I+]c2ccc(C(C)(C)C)cc2)cc1.CC(C)(C)c1ccc([I+]c2ccc(C(C)(C)C)cc2)cc1.O=S(=O)([O-])C(F)(F)C(F)(F)C(F)(F)C(F)(F)F.O=S(=O)([O-])C(F)(F)F. The molecule has 0 fully saturated rings. The highest BCUT2D eigenvalue weighted by atomic mass is 127. The fraction of sp³-hybridized carbons (Fsp3) is 0.467. The van der Waals surface area contributed by atoms with Gasteiger partial charge in [-0.1, -0.05) is 132 Å². The average molecular weight is 1230 g/mol. The molecule has 6 nitrogen and oxygen atoms in total. The van der Waals surface area contributed by atoms with Crippen molar-refractivity contribution in [1.82, 2.24) is 0 Å². The van der Waals surface area contributed by atoms with Crippen molar-refractivity contribution in [2.45, 2.75) is 134 Å². The van der Waals surface area contributed by atoms with E-state index >= 15 is 0 Å². The summed E-state index contributed by atoms with van der Waals surface area (Å²) in [6, 6.07) is 36.8. The Hall–Kier alpha value is -2.68. The maximum Gasteiger partial charge on any atom is 0.485 e. The lowest BCUT2D eigenvalue weighted by atomic mass is 9.87. The highest BCUT2D eigenvalue weighted by Crippen LogP contribution is 2.54. The van der Waals surface area contributed by atoms with Crippen LogP contribution in [0.5, 0.6) is 0 Å². The number of hydrogen-bond acceptors (Lipinski definition) is 6. The molecule has 4 rings (SSSR count). The van der Waals surface area contributed by atoms with Crippen molar-refractivity contribution in [3.05, 3.63) is 134 Å². The molecule has 0 saturated heterocycles. The maximum atomic E-state index is 12.2. The molecule has 0 aromatic heterocycles. The van der Waals surface area contributed by atoms with Gasteiger partial charge in [0.25, 0.3) is 0 Å². The molecule has 0 saturated carbocycles. The van der Waals surface area contributed by atoms with Crippen LogP contribution in [0.25, 0.3) is 0 Å². The van der Waals surface area contributed by atoms with Crippen LogP contribution < -0.4 is 42.4 Å². The molecule has 0 amide bonds. The molecule has 0 unspecified atom stereocenters. The molecule has 0 atom stereocenters. The molecule has 378 valence electrons. The normalized spacial score (nSPS) is 13.6. The van der Waals surface area contributed by atoms with Crippen LogP contribution >= 0.6 is 0 Å². The van der Waals surface area contributed by atoms with E-state index in [4.69, 9.17) is 13.0 Å². The number of halogens is 14. The second-order valence-electron chi connectivity index (χ2n) is 18.7. The van der Waals surface area contributed by atoms with E-state index in [1.165, 1.54) is 36.5 Å². The summed E-state index contributed by atoms with van der Waals surface area (Å²) in [5, 5.41) is -7.11. The fourth-order valence-corrected chi connectivity index (χ4v) is 9.58. The van der Waals surface area contributed by atoms with Gasteiger partial charge in [-0.05, 0) is 92.4 Å². The first-order valence-electron chi connectivity index (χ1n) is 19.5. The van der Waals surface area contributed by atoms with E-state index in [0.29, 0.717) is 0 Å². The van der Waals surface area contributed by atoms with Gasteiger partial charge in [0.15, 0.2) is 34.5 Å². The van der Waals surface area contributed by atoms with Gasteiger partial charge in [-0.3, -0.25) is 0 Å². The molecule has 4 aromatic rings. The van der Waals surface area contributed by atoms with Gasteiger partial charge in [-0.2, -0.15) is 52.7 Å². The standard InChI is InChI=1S/2C20H26I.C4HF9O3S.CHF3O3S/c2*1-19(2,3)15-7-11-17(12-8-15)21-18-13-9-16(10-14-18)20(4,5)6;5-1(6,3(9,10)11)2(7,8)4(12,13)17(14,15)16;2-1(3,4)8(5,6)7/h2*7-14H,1-6H3;(H,14,15,16);(H,5,6,7)/q2*+1;;/p-2. The lowest BCUT2D eigenvalue weighted by molar-refractivity contribution is -0.597. The first kappa shape index (κ1) is 62.3. The van der Waals surface area contributed by atoms with E-state index in [2.05, 4.69) is 180 Å². The van der Waals surface area contributed by atoms with Gasteiger partial charge in [0.1, 0.15) is 0 Å². The molecule has 0 aliphatic rings. The Morgan fingerprint density at radius 3 is 0.642 bits per heavy atom. The van der Waals surface area contributed by atoms with Crippen LogP contribution in [-0.4, -0.2) is 54.7 Å². The zero-order chi connectivity index (χ0) is 52.8. The first-order valence-corrected chi connectivity index (χ1v) is 26.6. The van der Waals surface area contributed by atoms with Crippen molar-refractivity contribution < 1.29 is 121 Å². The minimum absolute atomic E-state index is 0.0703. The van der Waals surface area contributed by atoms with Crippen LogP contribution in [0.1, 0.15) is 105 Å². The Kier molecular flexibility index (Phi) is 20.6. The second-order valence-corrected chi connectivity index (χ2v) is 27.6. The van der Waals surface area contributed by atoms with E-state index in [9.17, 15) is 65.7 Å². The van der Waals surface area contributed by atoms with Crippen LogP contribution in [0.15, 0.2) is 97.1 Å². The molecule has 0 spiro atoms. The molecule has 0 radical (unpaired) electrons. The smallest absolute Gasteiger partial charge is 0.485 e. The van der Waals surface area contributed by atoms with Crippen molar-refractivity contribution in [2.75, 3.05) is 0 Å². The Morgan fingerprint density at radius 2 is 0.522 bits per heavy atom. The first-order chi connectivity index (χ1) is 29.6. The summed E-state index contributed by atoms with van der Waals surface area (Å²) in [4.78, 5) is 0. The molecular formula is C45H52F12I2O6S2. The minimum Gasteiger partial charge on any atom is -0.743 e. The fourth-order valence-electron chi connectivity index (χ4n) is 4.82. The third-order valence-electron chi connectivity index (χ3n) is 8.99. The number of benzene rings is 4. The number of rotatable bonds is 7. The van der Waals surface area contributed by atoms with Gasteiger partial charge >= 0.3 is 71.2 Å². The predicted octanol–water partition coefficient (Wildman–Crippen LogP) is 6.83. The lowest BCUT2D eigenvalue weighted by Gasteiger charge is -2.34. The topological polar surface area (TPSA) is 114 Å². The van der Waals surface area contributed by atoms with Crippen molar-refractivity contribution >= 4 is 20.2 Å². The Labute approximate surface area is 405 Å². The summed E-state index contributed by atoms with van der Waals surface area (Å²) in [6.07, 6.45) is -7.16. The van der Waals surface area contributed by atoms with Gasteiger partial charge in [-0.25, -0.2) is 16.8 Å². The molecule has 67 heavy (non-hydrogen) atoms. The van der Waals surface area contributed by atoms with Crippen LogP contribution in [0.3, 0.4) is 0 Å². The van der Waals surface area contributed by atoms with Gasteiger partial charge in [-0.15, -0.1) is 0 Å². The van der Waals surface area contributed by atoms with E-state index < -0.39 is 49.0 Å². The summed E-state index contributed by atoms with van der Waals surface area (Å²) in [7, 11) is -13.5. The van der Waals surface area contributed by atoms with E-state index in [1.54, 1.807) is 0 Å². The Morgan fingerprint density at radius 1 is 0.343 bits per heavy atom. The van der Waals surface area contributed by atoms with Crippen molar-refractivity contribution in [2.24, 2.45) is 0 Å². The molecule has 0 bridgehead atoms. The summed E-state index contributed by atoms with van der Waals surface area (Å²) < 4.78 is 200.